The lowest BCUT2D eigenvalue weighted by Gasteiger charge is -2.39. The Balaban J connectivity index is 2.07. The second-order valence-corrected chi connectivity index (χ2v) is 9.50. The third-order valence-electron chi connectivity index (χ3n) is 6.22. The zero-order chi connectivity index (χ0) is 22.8. The van der Waals surface area contributed by atoms with Gasteiger partial charge in [0.1, 0.15) is 0 Å². The molecule has 3 rings (SSSR count). The molecular formula is C26H36N2O3. The highest BCUT2D eigenvalue weighted by Gasteiger charge is 2.42. The minimum atomic E-state index is -0.396. The van der Waals surface area contributed by atoms with Crippen LogP contribution in [-0.4, -0.2) is 32.0 Å². The molecule has 5 nitrogen and oxygen atoms in total. The molecule has 31 heavy (non-hydrogen) atoms. The summed E-state index contributed by atoms with van der Waals surface area (Å²) in [4.78, 5) is 28.4. The summed E-state index contributed by atoms with van der Waals surface area (Å²) in [5.74, 6) is -0.672. The molecule has 5 heteroatoms. The molecule has 0 saturated heterocycles. The summed E-state index contributed by atoms with van der Waals surface area (Å²) in [5.41, 5.74) is 4.99. The lowest BCUT2D eigenvalue weighted by molar-refractivity contribution is -0.136. The van der Waals surface area contributed by atoms with Crippen LogP contribution < -0.4 is 10.2 Å². The van der Waals surface area contributed by atoms with Gasteiger partial charge in [-0.05, 0) is 49.3 Å². The molecule has 0 saturated carbocycles. The monoisotopic (exact) mass is 424 g/mol. The van der Waals surface area contributed by atoms with E-state index in [0.29, 0.717) is 12.0 Å². The molecule has 1 aromatic rings. The van der Waals surface area contributed by atoms with Gasteiger partial charge in [0.2, 0.25) is 0 Å². The number of nitrogens with one attached hydrogen (secondary N) is 1. The van der Waals surface area contributed by atoms with Crippen LogP contribution in [0.3, 0.4) is 0 Å². The minimum absolute atomic E-state index is 0.0961. The summed E-state index contributed by atoms with van der Waals surface area (Å²) in [7, 11) is 1.39. The summed E-state index contributed by atoms with van der Waals surface area (Å²) in [6.07, 6.45) is 3.45. The number of dihydropyridines is 1. The van der Waals surface area contributed by atoms with Crippen molar-refractivity contribution >= 4 is 17.4 Å². The SMILES string of the molecule is CCCN(CCC)c1ccc(C2C(C(=O)OC)=C(C)NC3=C2C(=O)CC(C)(C)C3)cc1. The number of hydrogen-bond acceptors (Lipinski definition) is 5. The predicted molar refractivity (Wildman–Crippen MR) is 125 cm³/mol. The van der Waals surface area contributed by atoms with Gasteiger partial charge in [-0.1, -0.05) is 39.8 Å². The fraction of sp³-hybridized carbons (Fsp3) is 0.538. The molecule has 1 aliphatic carbocycles. The summed E-state index contributed by atoms with van der Waals surface area (Å²) in [6, 6.07) is 8.36. The summed E-state index contributed by atoms with van der Waals surface area (Å²) < 4.78 is 5.11. The molecule has 1 N–H and O–H groups in total. The predicted octanol–water partition coefficient (Wildman–Crippen LogP) is 5.09. The van der Waals surface area contributed by atoms with Gasteiger partial charge in [0.25, 0.3) is 0 Å². The van der Waals surface area contributed by atoms with Crippen LogP contribution in [0, 0.1) is 5.41 Å². The van der Waals surface area contributed by atoms with Crippen LogP contribution >= 0.6 is 0 Å². The van der Waals surface area contributed by atoms with Crippen LogP contribution in [0.25, 0.3) is 0 Å². The second kappa shape index (κ2) is 9.29. The highest BCUT2D eigenvalue weighted by Crippen LogP contribution is 2.46. The first-order valence-electron chi connectivity index (χ1n) is 11.4. The zero-order valence-corrected chi connectivity index (χ0v) is 19.8. The number of Topliss-reactive ketones (excluding diaryl/α,β-unsaturated/α-hetero) is 1. The largest absolute Gasteiger partial charge is 0.466 e. The van der Waals surface area contributed by atoms with Gasteiger partial charge in [0.05, 0.1) is 12.7 Å². The molecule has 168 valence electrons. The third kappa shape index (κ3) is 4.70. The van der Waals surface area contributed by atoms with Gasteiger partial charge in [-0.25, -0.2) is 4.79 Å². The number of ether oxygens (including phenoxy) is 1. The molecular weight excluding hydrogens is 388 g/mol. The lowest BCUT2D eigenvalue weighted by Crippen LogP contribution is -2.38. The smallest absolute Gasteiger partial charge is 0.336 e. The van der Waals surface area contributed by atoms with E-state index in [1.165, 1.54) is 12.8 Å². The number of rotatable bonds is 7. The number of benzene rings is 1. The van der Waals surface area contributed by atoms with E-state index >= 15 is 0 Å². The topological polar surface area (TPSA) is 58.6 Å². The van der Waals surface area contributed by atoms with E-state index in [0.717, 1.165) is 54.9 Å². The number of ketones is 1. The molecule has 0 aromatic heterocycles. The van der Waals surface area contributed by atoms with Crippen molar-refractivity contribution in [1.82, 2.24) is 5.32 Å². The molecule has 0 fully saturated rings. The molecule has 1 unspecified atom stereocenters. The summed E-state index contributed by atoms with van der Waals surface area (Å²) >= 11 is 0. The van der Waals surface area contributed by atoms with Crippen molar-refractivity contribution in [3.8, 4) is 0 Å². The molecule has 1 aliphatic heterocycles. The normalized spacial score (nSPS) is 20.3. The first-order chi connectivity index (χ1) is 14.7. The third-order valence-corrected chi connectivity index (χ3v) is 6.22. The van der Waals surface area contributed by atoms with Crippen LogP contribution in [-0.2, 0) is 14.3 Å². The Labute approximate surface area is 186 Å². The van der Waals surface area contributed by atoms with Crippen molar-refractivity contribution in [3.05, 3.63) is 52.4 Å². The molecule has 0 amide bonds. The van der Waals surface area contributed by atoms with Gasteiger partial charge in [0.15, 0.2) is 5.78 Å². The lowest BCUT2D eigenvalue weighted by atomic mass is 9.68. The first-order valence-corrected chi connectivity index (χ1v) is 11.4. The minimum Gasteiger partial charge on any atom is -0.466 e. The number of allylic oxidation sites excluding steroid dienone is 3. The number of nitrogens with zero attached hydrogens (tertiary/aromatic N) is 1. The Morgan fingerprint density at radius 1 is 1.13 bits per heavy atom. The molecule has 1 heterocycles. The Kier molecular flexibility index (Phi) is 6.93. The average molecular weight is 425 g/mol. The summed E-state index contributed by atoms with van der Waals surface area (Å²) in [6.45, 7) is 12.5. The first kappa shape index (κ1) is 23.1. The van der Waals surface area contributed by atoms with Crippen LogP contribution in [0.5, 0.6) is 0 Å². The van der Waals surface area contributed by atoms with Gasteiger partial charge < -0.3 is 15.0 Å². The Bertz CT molecular complexity index is 903. The van der Waals surface area contributed by atoms with Crippen LogP contribution in [0.2, 0.25) is 0 Å². The van der Waals surface area contributed by atoms with Crippen LogP contribution in [0.4, 0.5) is 5.69 Å². The van der Waals surface area contributed by atoms with Crippen molar-refractivity contribution in [1.29, 1.82) is 0 Å². The van der Waals surface area contributed by atoms with Gasteiger partial charge in [-0.15, -0.1) is 0 Å². The maximum atomic E-state index is 13.3. The highest BCUT2D eigenvalue weighted by atomic mass is 16.5. The number of carbonyl (C=O) groups excluding carboxylic acids is 2. The van der Waals surface area contributed by atoms with E-state index in [2.05, 4.69) is 62.2 Å². The number of carbonyl (C=O) groups is 2. The number of esters is 1. The van der Waals surface area contributed by atoms with E-state index < -0.39 is 5.92 Å². The second-order valence-electron chi connectivity index (χ2n) is 9.50. The van der Waals surface area contributed by atoms with E-state index in [1.807, 2.05) is 6.92 Å². The van der Waals surface area contributed by atoms with Gasteiger partial charge in [-0.2, -0.15) is 0 Å². The maximum Gasteiger partial charge on any atom is 0.336 e. The van der Waals surface area contributed by atoms with Crippen LogP contribution in [0.15, 0.2) is 46.8 Å². The quantitative estimate of drug-likeness (QED) is 0.618. The van der Waals surface area contributed by atoms with E-state index in [1.54, 1.807) is 0 Å². The van der Waals surface area contributed by atoms with Gasteiger partial charge in [-0.3, -0.25) is 4.79 Å². The Hall–Kier alpha value is -2.56. The van der Waals surface area contributed by atoms with Crippen molar-refractivity contribution in [2.24, 2.45) is 5.41 Å². The molecule has 0 spiro atoms. The molecule has 1 atom stereocenters. The van der Waals surface area contributed by atoms with E-state index in [-0.39, 0.29) is 17.2 Å². The van der Waals surface area contributed by atoms with Crippen molar-refractivity contribution in [2.75, 3.05) is 25.1 Å². The highest BCUT2D eigenvalue weighted by molar-refractivity contribution is 6.04. The molecule has 0 radical (unpaired) electrons. The van der Waals surface area contributed by atoms with Crippen molar-refractivity contribution < 1.29 is 14.3 Å². The number of anilines is 1. The zero-order valence-electron chi connectivity index (χ0n) is 19.8. The summed E-state index contributed by atoms with van der Waals surface area (Å²) in [5, 5.41) is 3.36. The standard InChI is InChI=1S/C26H36N2O3/c1-7-13-28(14-8-2)19-11-9-18(10-12-19)23-22(25(30)31-6)17(3)27-20-15-26(4,5)16-21(29)24(20)23/h9-12,23,27H,7-8,13-16H2,1-6H3. The number of hydrogen-bond donors (Lipinski definition) is 1. The molecule has 0 bridgehead atoms. The average Bonchev–Trinajstić information content (AvgIpc) is 2.71. The van der Waals surface area contributed by atoms with Crippen LogP contribution in [0.1, 0.15) is 71.8 Å². The Morgan fingerprint density at radius 3 is 2.29 bits per heavy atom. The maximum absolute atomic E-state index is 13.3. The molecule has 1 aromatic carbocycles. The van der Waals surface area contributed by atoms with E-state index in [9.17, 15) is 9.59 Å². The van der Waals surface area contributed by atoms with Gasteiger partial charge >= 0.3 is 5.97 Å². The fourth-order valence-corrected chi connectivity index (χ4v) is 4.94. The fourth-order valence-electron chi connectivity index (χ4n) is 4.94. The van der Waals surface area contributed by atoms with Gasteiger partial charge in [0, 0.05) is 48.1 Å². The Morgan fingerprint density at radius 2 is 1.74 bits per heavy atom. The number of methoxy groups -OCH3 is 1. The van der Waals surface area contributed by atoms with E-state index in [4.69, 9.17) is 4.74 Å². The molecule has 2 aliphatic rings. The van der Waals surface area contributed by atoms with Crippen molar-refractivity contribution in [3.63, 3.8) is 0 Å². The van der Waals surface area contributed by atoms with Crippen molar-refractivity contribution in [2.45, 2.75) is 66.2 Å².